The monoisotopic (exact) mass is 191 g/mol. The zero-order valence-corrected chi connectivity index (χ0v) is 7.57. The number of nitrogens with one attached hydrogen (secondary N) is 1. The summed E-state index contributed by atoms with van der Waals surface area (Å²) in [7, 11) is 0. The molecule has 0 radical (unpaired) electrons. The maximum absolute atomic E-state index is 10.9. The Morgan fingerprint density at radius 2 is 2.07 bits per heavy atom. The summed E-state index contributed by atoms with van der Waals surface area (Å²) in [6, 6.07) is 6.76. The number of rotatable bonds is 1. The fourth-order valence-electron chi connectivity index (χ4n) is 1.35. The molecular formula is C10H9NO3. The van der Waals surface area contributed by atoms with Gasteiger partial charge in [-0.25, -0.2) is 4.79 Å². The van der Waals surface area contributed by atoms with E-state index in [1.165, 1.54) is 0 Å². The van der Waals surface area contributed by atoms with Crippen LogP contribution in [-0.2, 0) is 0 Å². The molecule has 1 aromatic heterocycles. The molecule has 0 aliphatic heterocycles. The third-order valence-electron chi connectivity index (χ3n) is 2.00. The number of hydrogen-bond acceptors (Lipinski definition) is 3. The summed E-state index contributed by atoms with van der Waals surface area (Å²) in [5, 5.41) is 9.53. The van der Waals surface area contributed by atoms with Crippen molar-refractivity contribution in [3.05, 3.63) is 40.6 Å². The van der Waals surface area contributed by atoms with Crippen molar-refractivity contribution in [2.75, 3.05) is 0 Å². The number of phenolic OH excluding ortho intramolecular Hbond substituents is 1. The highest BCUT2D eigenvalue weighted by Crippen LogP contribution is 2.28. The zero-order valence-electron chi connectivity index (χ0n) is 7.57. The molecule has 72 valence electrons. The minimum Gasteiger partial charge on any atom is -0.507 e. The Bertz CT molecular complexity index is 510. The Labute approximate surface area is 79.8 Å². The van der Waals surface area contributed by atoms with Crippen LogP contribution in [0.4, 0.5) is 0 Å². The van der Waals surface area contributed by atoms with Crippen LogP contribution in [0, 0.1) is 6.92 Å². The van der Waals surface area contributed by atoms with Gasteiger partial charge in [0.2, 0.25) is 0 Å². The second-order valence-electron chi connectivity index (χ2n) is 2.96. The first-order valence-electron chi connectivity index (χ1n) is 4.16. The lowest BCUT2D eigenvalue weighted by atomic mass is 10.1. The van der Waals surface area contributed by atoms with E-state index < -0.39 is 5.76 Å². The Balaban J connectivity index is 2.66. The van der Waals surface area contributed by atoms with E-state index in [1.54, 1.807) is 31.2 Å². The molecule has 0 atom stereocenters. The van der Waals surface area contributed by atoms with Crippen molar-refractivity contribution in [1.82, 2.24) is 4.98 Å². The molecule has 4 nitrogen and oxygen atoms in total. The Morgan fingerprint density at radius 3 is 2.64 bits per heavy atom. The molecule has 0 saturated carbocycles. The lowest BCUT2D eigenvalue weighted by Crippen LogP contribution is -1.94. The van der Waals surface area contributed by atoms with Crippen molar-refractivity contribution in [2.45, 2.75) is 6.92 Å². The lowest BCUT2D eigenvalue weighted by Gasteiger charge is -2.00. The number of phenols is 1. The molecule has 2 aromatic rings. The van der Waals surface area contributed by atoms with E-state index in [2.05, 4.69) is 4.98 Å². The van der Waals surface area contributed by atoms with Gasteiger partial charge < -0.3 is 9.52 Å². The topological polar surface area (TPSA) is 66.2 Å². The quantitative estimate of drug-likeness (QED) is 0.720. The summed E-state index contributed by atoms with van der Waals surface area (Å²) >= 11 is 0. The first-order valence-corrected chi connectivity index (χ1v) is 4.16. The summed E-state index contributed by atoms with van der Waals surface area (Å²) in [6.45, 7) is 1.67. The highest BCUT2D eigenvalue weighted by atomic mass is 16.4. The van der Waals surface area contributed by atoms with Crippen molar-refractivity contribution in [2.24, 2.45) is 0 Å². The van der Waals surface area contributed by atoms with Crippen LogP contribution >= 0.6 is 0 Å². The van der Waals surface area contributed by atoms with Crippen molar-refractivity contribution >= 4 is 0 Å². The predicted octanol–water partition coefficient (Wildman–Crippen LogP) is 1.65. The van der Waals surface area contributed by atoms with Crippen LogP contribution in [0.1, 0.15) is 5.76 Å². The number of para-hydroxylation sites is 1. The highest BCUT2D eigenvalue weighted by Gasteiger charge is 2.10. The van der Waals surface area contributed by atoms with Gasteiger partial charge in [-0.3, -0.25) is 4.98 Å². The van der Waals surface area contributed by atoms with Crippen LogP contribution in [0.3, 0.4) is 0 Å². The maximum Gasteiger partial charge on any atom is 0.416 e. The standard InChI is InChI=1S/C10H9NO3/c1-6-9(11-10(13)14-6)7-4-2-3-5-8(7)12/h2-5,12H,1H3,(H,11,13). The molecule has 0 unspecified atom stereocenters. The minimum atomic E-state index is -0.513. The number of aromatic hydroxyl groups is 1. The first-order chi connectivity index (χ1) is 6.68. The van der Waals surface area contributed by atoms with E-state index >= 15 is 0 Å². The van der Waals surface area contributed by atoms with Crippen molar-refractivity contribution in [3.63, 3.8) is 0 Å². The normalized spacial score (nSPS) is 10.4. The fourth-order valence-corrected chi connectivity index (χ4v) is 1.35. The summed E-state index contributed by atoms with van der Waals surface area (Å²) in [6.07, 6.45) is 0. The molecule has 2 rings (SSSR count). The third kappa shape index (κ3) is 1.31. The molecule has 1 heterocycles. The van der Waals surface area contributed by atoms with Gasteiger partial charge in [0.05, 0.1) is 5.69 Å². The third-order valence-corrected chi connectivity index (χ3v) is 2.00. The molecule has 0 fully saturated rings. The van der Waals surface area contributed by atoms with Gasteiger partial charge in [0.15, 0.2) is 0 Å². The van der Waals surface area contributed by atoms with Gasteiger partial charge in [-0.1, -0.05) is 12.1 Å². The fraction of sp³-hybridized carbons (Fsp3) is 0.100. The second-order valence-corrected chi connectivity index (χ2v) is 2.96. The largest absolute Gasteiger partial charge is 0.507 e. The van der Waals surface area contributed by atoms with Gasteiger partial charge in [-0.05, 0) is 19.1 Å². The average molecular weight is 191 g/mol. The van der Waals surface area contributed by atoms with Crippen LogP contribution < -0.4 is 5.76 Å². The van der Waals surface area contributed by atoms with E-state index in [4.69, 9.17) is 4.42 Å². The summed E-state index contributed by atoms with van der Waals surface area (Å²) in [5.41, 5.74) is 1.09. The number of aromatic amines is 1. The maximum atomic E-state index is 10.9. The second kappa shape index (κ2) is 3.06. The van der Waals surface area contributed by atoms with E-state index in [0.717, 1.165) is 0 Å². The molecule has 0 amide bonds. The molecule has 2 N–H and O–H groups in total. The molecular weight excluding hydrogens is 182 g/mol. The van der Waals surface area contributed by atoms with Gasteiger partial charge in [0, 0.05) is 5.56 Å². The van der Waals surface area contributed by atoms with Crippen molar-refractivity contribution < 1.29 is 9.52 Å². The number of oxazole rings is 1. The Kier molecular flexibility index (Phi) is 1.89. The molecule has 0 aliphatic rings. The predicted molar refractivity (Wildman–Crippen MR) is 51.2 cm³/mol. The van der Waals surface area contributed by atoms with E-state index in [-0.39, 0.29) is 5.75 Å². The van der Waals surface area contributed by atoms with Gasteiger partial charge in [0.1, 0.15) is 11.5 Å². The number of H-pyrrole nitrogens is 1. The van der Waals surface area contributed by atoms with Crippen LogP contribution in [0.5, 0.6) is 5.75 Å². The summed E-state index contributed by atoms with van der Waals surface area (Å²) < 4.78 is 4.80. The molecule has 0 saturated heterocycles. The molecule has 14 heavy (non-hydrogen) atoms. The number of aromatic nitrogens is 1. The Hall–Kier alpha value is -1.97. The highest BCUT2D eigenvalue weighted by molar-refractivity contribution is 5.67. The minimum absolute atomic E-state index is 0.118. The van der Waals surface area contributed by atoms with Crippen LogP contribution in [-0.4, -0.2) is 10.1 Å². The Morgan fingerprint density at radius 1 is 1.36 bits per heavy atom. The van der Waals surface area contributed by atoms with Gasteiger partial charge in [-0.15, -0.1) is 0 Å². The molecule has 1 aromatic carbocycles. The molecule has 4 heteroatoms. The lowest BCUT2D eigenvalue weighted by molar-refractivity contribution is 0.476. The number of hydrogen-bond donors (Lipinski definition) is 2. The van der Waals surface area contributed by atoms with Crippen molar-refractivity contribution in [1.29, 1.82) is 0 Å². The van der Waals surface area contributed by atoms with Crippen LogP contribution in [0.25, 0.3) is 11.3 Å². The molecule has 0 spiro atoms. The SMILES string of the molecule is Cc1oc(=O)[nH]c1-c1ccccc1O. The van der Waals surface area contributed by atoms with Gasteiger partial charge >= 0.3 is 5.76 Å². The van der Waals surface area contributed by atoms with E-state index in [9.17, 15) is 9.90 Å². The van der Waals surface area contributed by atoms with E-state index in [1.807, 2.05) is 0 Å². The van der Waals surface area contributed by atoms with E-state index in [0.29, 0.717) is 17.0 Å². The summed E-state index contributed by atoms with van der Waals surface area (Å²) in [5.74, 6) is 0.0740. The van der Waals surface area contributed by atoms with Gasteiger partial charge in [-0.2, -0.15) is 0 Å². The number of benzene rings is 1. The molecule has 0 aliphatic carbocycles. The van der Waals surface area contributed by atoms with Crippen LogP contribution in [0.15, 0.2) is 33.5 Å². The first kappa shape index (κ1) is 8.62. The van der Waals surface area contributed by atoms with Crippen molar-refractivity contribution in [3.8, 4) is 17.0 Å². The average Bonchev–Trinajstić information content (AvgIpc) is 2.46. The molecule has 0 bridgehead atoms. The van der Waals surface area contributed by atoms with Crippen LogP contribution in [0.2, 0.25) is 0 Å². The number of aryl methyl sites for hydroxylation is 1. The smallest absolute Gasteiger partial charge is 0.416 e. The van der Waals surface area contributed by atoms with Gasteiger partial charge in [0.25, 0.3) is 0 Å². The summed E-state index contributed by atoms with van der Waals surface area (Å²) in [4.78, 5) is 13.4. The zero-order chi connectivity index (χ0) is 10.1.